The van der Waals surface area contributed by atoms with Gasteiger partial charge < -0.3 is 0 Å². The van der Waals surface area contributed by atoms with Gasteiger partial charge in [-0.25, -0.2) is 9.57 Å². The monoisotopic (exact) mass is 204 g/mol. The quantitative estimate of drug-likeness (QED) is 0.616. The molecule has 0 amide bonds. The summed E-state index contributed by atoms with van der Waals surface area (Å²) in [6.45, 7) is 8.69. The summed E-state index contributed by atoms with van der Waals surface area (Å²) in [4.78, 5) is 9.13. The molecule has 1 atom stereocenters. The molecule has 0 fully saturated rings. The first-order chi connectivity index (χ1) is 7.09. The van der Waals surface area contributed by atoms with E-state index in [1.807, 2.05) is 12.4 Å². The van der Waals surface area contributed by atoms with Gasteiger partial charge in [-0.05, 0) is 0 Å². The van der Waals surface area contributed by atoms with E-state index in [2.05, 4.69) is 43.3 Å². The number of rotatable bonds is 2. The molecule has 0 N–H and O–H groups in total. The number of amidine groups is 1. The number of aliphatic imine (C=N–C) groups is 2. The molecule has 15 heavy (non-hydrogen) atoms. The van der Waals surface area contributed by atoms with E-state index < -0.39 is 0 Å². The van der Waals surface area contributed by atoms with Gasteiger partial charge in [-0.1, -0.05) is 32.7 Å². The fourth-order valence-electron chi connectivity index (χ4n) is 1.82. The smallest absolute Gasteiger partial charge is 0.239 e. The molecule has 2 heterocycles. The fraction of sp³-hybridized carbons (Fsp3) is 0.583. The summed E-state index contributed by atoms with van der Waals surface area (Å²) in [5.41, 5.74) is 1.16. The molecule has 0 radical (unpaired) electrons. The third-order valence-electron chi connectivity index (χ3n) is 2.69. The van der Waals surface area contributed by atoms with Crippen molar-refractivity contribution in [3.63, 3.8) is 0 Å². The first-order valence-corrected chi connectivity index (χ1v) is 5.55. The molecular weight excluding hydrogens is 186 g/mol. The molecule has 2 aliphatic heterocycles. The van der Waals surface area contributed by atoms with Crippen LogP contribution in [0.2, 0.25) is 0 Å². The zero-order valence-electron chi connectivity index (χ0n) is 9.81. The summed E-state index contributed by atoms with van der Waals surface area (Å²) in [5, 5.41) is 0. The van der Waals surface area contributed by atoms with Crippen LogP contribution in [0.1, 0.15) is 27.7 Å². The molecule has 0 aliphatic carbocycles. The first kappa shape index (κ1) is 10.3. The maximum atomic E-state index is 4.72. The lowest BCUT2D eigenvalue weighted by atomic mass is 10.1. The molecule has 0 saturated carbocycles. The number of allylic oxidation sites excluding steroid dienone is 1. The molecule has 0 aromatic heterocycles. The van der Waals surface area contributed by atoms with Crippen LogP contribution in [0.4, 0.5) is 0 Å². The van der Waals surface area contributed by atoms with Crippen molar-refractivity contribution in [2.45, 2.75) is 33.9 Å². The minimum atomic E-state index is 0.150. The Morgan fingerprint density at radius 2 is 1.93 bits per heavy atom. The van der Waals surface area contributed by atoms with Crippen LogP contribution in [-0.4, -0.2) is 29.0 Å². The van der Waals surface area contributed by atoms with E-state index in [-0.39, 0.29) is 6.17 Å². The molecule has 0 spiro atoms. The molecule has 0 saturated heterocycles. The minimum Gasteiger partial charge on any atom is -0.239 e. The van der Waals surface area contributed by atoms with Gasteiger partial charge in [0.1, 0.15) is 6.21 Å². The van der Waals surface area contributed by atoms with Crippen LogP contribution in [0, 0.1) is 11.8 Å². The van der Waals surface area contributed by atoms with Crippen molar-refractivity contribution in [2.24, 2.45) is 21.8 Å². The highest BCUT2D eigenvalue weighted by atomic mass is 15.2. The van der Waals surface area contributed by atoms with Crippen LogP contribution in [0.15, 0.2) is 21.8 Å². The maximum absolute atomic E-state index is 4.72. The van der Waals surface area contributed by atoms with Crippen molar-refractivity contribution in [2.75, 3.05) is 0 Å². The fourth-order valence-corrected chi connectivity index (χ4v) is 1.82. The Bertz CT molecular complexity index is 384. The van der Waals surface area contributed by atoms with E-state index in [4.69, 9.17) is 4.99 Å². The van der Waals surface area contributed by atoms with Crippen molar-refractivity contribution >= 4 is 18.3 Å². The van der Waals surface area contributed by atoms with E-state index in [9.17, 15) is 0 Å². The Morgan fingerprint density at radius 1 is 1.20 bits per heavy atom. The van der Waals surface area contributed by atoms with E-state index in [0.717, 1.165) is 11.5 Å². The minimum absolute atomic E-state index is 0.150. The zero-order chi connectivity index (χ0) is 11.0. The van der Waals surface area contributed by atoms with Crippen LogP contribution in [0.25, 0.3) is 0 Å². The summed E-state index contributed by atoms with van der Waals surface area (Å²) < 4.78 is 2.15. The van der Waals surface area contributed by atoms with Crippen molar-refractivity contribution in [1.82, 2.24) is 0 Å². The van der Waals surface area contributed by atoms with E-state index in [0.29, 0.717) is 11.8 Å². The van der Waals surface area contributed by atoms with Gasteiger partial charge in [0.15, 0.2) is 5.70 Å². The van der Waals surface area contributed by atoms with Gasteiger partial charge in [0.25, 0.3) is 0 Å². The molecule has 0 bridgehead atoms. The highest BCUT2D eigenvalue weighted by Gasteiger charge is 2.33. The van der Waals surface area contributed by atoms with Crippen LogP contribution in [0.3, 0.4) is 0 Å². The van der Waals surface area contributed by atoms with Crippen LogP contribution in [-0.2, 0) is 0 Å². The number of nitrogens with zero attached hydrogens (tertiary/aromatic N) is 3. The Hall–Kier alpha value is -1.25. The van der Waals surface area contributed by atoms with Crippen molar-refractivity contribution in [1.29, 1.82) is 0 Å². The average molecular weight is 204 g/mol. The van der Waals surface area contributed by atoms with Gasteiger partial charge >= 0.3 is 5.84 Å². The first-order valence-electron chi connectivity index (χ1n) is 5.55. The Balaban J connectivity index is 2.40. The molecule has 0 aromatic rings. The third kappa shape index (κ3) is 1.78. The normalized spacial score (nSPS) is 24.1. The summed E-state index contributed by atoms with van der Waals surface area (Å²) in [5.74, 6) is 2.04. The molecule has 80 valence electrons. The van der Waals surface area contributed by atoms with Gasteiger partial charge in [0.2, 0.25) is 6.17 Å². The maximum Gasteiger partial charge on any atom is 0.303 e. The molecule has 2 aliphatic rings. The third-order valence-corrected chi connectivity index (χ3v) is 2.69. The topological polar surface area (TPSA) is 27.7 Å². The van der Waals surface area contributed by atoms with Gasteiger partial charge in [-0.2, -0.15) is 0 Å². The number of hydrogen-bond acceptors (Lipinski definition) is 2. The highest BCUT2D eigenvalue weighted by molar-refractivity contribution is 6.16. The van der Waals surface area contributed by atoms with Crippen LogP contribution < -0.4 is 0 Å². The lowest BCUT2D eigenvalue weighted by Gasteiger charge is -2.16. The molecule has 2 rings (SSSR count). The summed E-state index contributed by atoms with van der Waals surface area (Å²) in [6.07, 6.45) is 6.17. The van der Waals surface area contributed by atoms with Gasteiger partial charge in [-0.15, -0.1) is 0 Å². The van der Waals surface area contributed by atoms with Gasteiger partial charge in [0.05, 0.1) is 12.1 Å². The summed E-state index contributed by atoms with van der Waals surface area (Å²) >= 11 is 0. The molecule has 3 heteroatoms. The predicted molar refractivity (Wildman–Crippen MR) is 63.8 cm³/mol. The second kappa shape index (κ2) is 3.72. The molecule has 1 unspecified atom stereocenters. The lowest BCUT2D eigenvalue weighted by molar-refractivity contribution is -0.434. The molecular formula is C12H18N3+. The summed E-state index contributed by atoms with van der Waals surface area (Å²) in [7, 11) is 0. The Morgan fingerprint density at radius 3 is 2.53 bits per heavy atom. The number of fused-ring (bicyclic) bond motifs is 1. The van der Waals surface area contributed by atoms with Gasteiger partial charge in [0, 0.05) is 12.0 Å². The van der Waals surface area contributed by atoms with E-state index in [1.165, 1.54) is 0 Å². The summed E-state index contributed by atoms with van der Waals surface area (Å²) in [6, 6.07) is 0. The van der Waals surface area contributed by atoms with Crippen LogP contribution >= 0.6 is 0 Å². The van der Waals surface area contributed by atoms with Crippen LogP contribution in [0.5, 0.6) is 0 Å². The lowest BCUT2D eigenvalue weighted by Crippen LogP contribution is -2.34. The standard InChI is InChI=1S/C12H18N3/c1-8(2)10-7-11-13-5-6-15(11)12(14-10)9(3)4/h5-9,11H,1-4H3/q+1. The molecule has 0 aromatic carbocycles. The van der Waals surface area contributed by atoms with Crippen molar-refractivity contribution in [3.8, 4) is 0 Å². The Kier molecular flexibility index (Phi) is 2.55. The van der Waals surface area contributed by atoms with E-state index >= 15 is 0 Å². The van der Waals surface area contributed by atoms with Gasteiger partial charge in [-0.3, -0.25) is 0 Å². The Labute approximate surface area is 90.9 Å². The van der Waals surface area contributed by atoms with Crippen molar-refractivity contribution in [3.05, 3.63) is 11.8 Å². The predicted octanol–water partition coefficient (Wildman–Crippen LogP) is 2.09. The van der Waals surface area contributed by atoms with Crippen molar-refractivity contribution < 1.29 is 4.58 Å². The second-order valence-corrected chi connectivity index (χ2v) is 4.64. The molecule has 3 nitrogen and oxygen atoms in total. The average Bonchev–Trinajstić information content (AvgIpc) is 2.62. The number of hydrogen-bond donors (Lipinski definition) is 0. The van der Waals surface area contributed by atoms with E-state index in [1.54, 1.807) is 0 Å². The SMILES string of the molecule is CC(C)C1=CC2N=CC=[N+]2C(C(C)C)=N1. The second-order valence-electron chi connectivity index (χ2n) is 4.64. The largest absolute Gasteiger partial charge is 0.303 e. The zero-order valence-corrected chi connectivity index (χ0v) is 9.81. The highest BCUT2D eigenvalue weighted by Crippen LogP contribution is 2.22.